The number of methoxy groups -OCH3 is 1. The Balaban J connectivity index is 2.07. The first-order chi connectivity index (χ1) is 10.3. The standard InChI is InChI=1S/C15H16N4OS/c1-3-16-13(14-15(20-2)18-6-5-17-14)10-8-12-11(19-9-10)4-7-21-12/h4-9,13,16H,3H2,1-2H3. The molecular formula is C15H16N4OS. The number of hydrogen-bond acceptors (Lipinski definition) is 6. The van der Waals surface area contributed by atoms with Gasteiger partial charge in [0.05, 0.1) is 23.4 Å². The first-order valence-electron chi connectivity index (χ1n) is 6.75. The summed E-state index contributed by atoms with van der Waals surface area (Å²) in [7, 11) is 1.61. The monoisotopic (exact) mass is 300 g/mol. The van der Waals surface area contributed by atoms with Crippen LogP contribution in [0.15, 0.2) is 36.1 Å². The highest BCUT2D eigenvalue weighted by atomic mass is 32.1. The van der Waals surface area contributed by atoms with Crippen molar-refractivity contribution in [3.8, 4) is 5.88 Å². The number of ether oxygens (including phenoxy) is 1. The Morgan fingerprint density at radius 1 is 1.29 bits per heavy atom. The Labute approximate surface area is 127 Å². The fraction of sp³-hybridized carbons (Fsp3) is 0.267. The maximum Gasteiger partial charge on any atom is 0.237 e. The highest BCUT2D eigenvalue weighted by Crippen LogP contribution is 2.29. The zero-order valence-corrected chi connectivity index (χ0v) is 12.7. The Bertz CT molecular complexity index is 743. The van der Waals surface area contributed by atoms with E-state index in [9.17, 15) is 0 Å². The van der Waals surface area contributed by atoms with Crippen molar-refractivity contribution >= 4 is 21.6 Å². The number of fused-ring (bicyclic) bond motifs is 1. The molecule has 6 heteroatoms. The first kappa shape index (κ1) is 13.9. The number of nitrogens with zero attached hydrogens (tertiary/aromatic N) is 3. The molecule has 5 nitrogen and oxygen atoms in total. The molecule has 0 saturated carbocycles. The van der Waals surface area contributed by atoms with Crippen molar-refractivity contribution in [2.75, 3.05) is 13.7 Å². The van der Waals surface area contributed by atoms with Crippen molar-refractivity contribution in [2.45, 2.75) is 13.0 Å². The Kier molecular flexibility index (Phi) is 4.08. The molecule has 1 atom stereocenters. The second-order valence-corrected chi connectivity index (χ2v) is 5.46. The minimum atomic E-state index is -0.0855. The molecule has 1 N–H and O–H groups in total. The molecule has 0 saturated heterocycles. The predicted molar refractivity (Wildman–Crippen MR) is 83.7 cm³/mol. The predicted octanol–water partition coefficient (Wildman–Crippen LogP) is 2.79. The molecule has 0 spiro atoms. The van der Waals surface area contributed by atoms with Crippen LogP contribution in [0.25, 0.3) is 10.2 Å². The molecular weight excluding hydrogens is 284 g/mol. The fourth-order valence-corrected chi connectivity index (χ4v) is 3.08. The summed E-state index contributed by atoms with van der Waals surface area (Å²) in [4.78, 5) is 13.2. The van der Waals surface area contributed by atoms with Gasteiger partial charge in [-0.15, -0.1) is 11.3 Å². The highest BCUT2D eigenvalue weighted by Gasteiger charge is 2.20. The van der Waals surface area contributed by atoms with E-state index in [1.165, 1.54) is 4.70 Å². The molecule has 108 valence electrons. The zero-order valence-electron chi connectivity index (χ0n) is 11.9. The van der Waals surface area contributed by atoms with Crippen LogP contribution in [0.2, 0.25) is 0 Å². The van der Waals surface area contributed by atoms with E-state index in [4.69, 9.17) is 4.74 Å². The quantitative estimate of drug-likeness (QED) is 0.785. The third-order valence-corrected chi connectivity index (χ3v) is 4.08. The average molecular weight is 300 g/mol. The molecule has 0 radical (unpaired) electrons. The van der Waals surface area contributed by atoms with Gasteiger partial charge in [-0.05, 0) is 29.6 Å². The SMILES string of the molecule is CCNC(c1cnc2ccsc2c1)c1nccnc1OC. The molecule has 3 aromatic rings. The molecule has 0 fully saturated rings. The number of rotatable bonds is 5. The Morgan fingerprint density at radius 3 is 2.95 bits per heavy atom. The van der Waals surface area contributed by atoms with E-state index in [1.807, 2.05) is 17.6 Å². The van der Waals surface area contributed by atoms with Gasteiger partial charge in [-0.25, -0.2) is 4.98 Å². The van der Waals surface area contributed by atoms with Gasteiger partial charge >= 0.3 is 0 Å². The molecule has 1 unspecified atom stereocenters. The van der Waals surface area contributed by atoms with E-state index in [0.717, 1.165) is 23.3 Å². The van der Waals surface area contributed by atoms with Gasteiger partial charge in [-0.1, -0.05) is 6.92 Å². The van der Waals surface area contributed by atoms with Crippen LogP contribution < -0.4 is 10.1 Å². The summed E-state index contributed by atoms with van der Waals surface area (Å²) in [5.41, 5.74) is 2.86. The van der Waals surface area contributed by atoms with Crippen molar-refractivity contribution in [2.24, 2.45) is 0 Å². The largest absolute Gasteiger partial charge is 0.480 e. The molecule has 3 rings (SSSR count). The molecule has 0 aliphatic rings. The van der Waals surface area contributed by atoms with Crippen LogP contribution in [0.3, 0.4) is 0 Å². The third-order valence-electron chi connectivity index (χ3n) is 3.22. The molecule has 0 bridgehead atoms. The number of aromatic nitrogens is 3. The van der Waals surface area contributed by atoms with Crippen molar-refractivity contribution in [3.05, 3.63) is 47.4 Å². The highest BCUT2D eigenvalue weighted by molar-refractivity contribution is 7.17. The normalized spacial score (nSPS) is 12.5. The molecule has 0 aliphatic heterocycles. The number of hydrogen-bond donors (Lipinski definition) is 1. The minimum Gasteiger partial charge on any atom is -0.480 e. The molecule has 3 aromatic heterocycles. The molecule has 0 amide bonds. The van der Waals surface area contributed by atoms with Crippen molar-refractivity contribution in [1.29, 1.82) is 0 Å². The van der Waals surface area contributed by atoms with Crippen LogP contribution in [-0.4, -0.2) is 28.6 Å². The van der Waals surface area contributed by atoms with Crippen LogP contribution in [0, 0.1) is 0 Å². The lowest BCUT2D eigenvalue weighted by molar-refractivity contribution is 0.383. The van der Waals surface area contributed by atoms with Gasteiger partial charge in [0.2, 0.25) is 5.88 Å². The van der Waals surface area contributed by atoms with Crippen LogP contribution in [0.1, 0.15) is 24.2 Å². The maximum atomic E-state index is 5.34. The van der Waals surface area contributed by atoms with E-state index in [2.05, 4.69) is 33.3 Å². The summed E-state index contributed by atoms with van der Waals surface area (Å²) in [5, 5.41) is 5.48. The van der Waals surface area contributed by atoms with Crippen molar-refractivity contribution < 1.29 is 4.74 Å². The van der Waals surface area contributed by atoms with Crippen molar-refractivity contribution in [1.82, 2.24) is 20.3 Å². The van der Waals surface area contributed by atoms with E-state index in [0.29, 0.717) is 5.88 Å². The van der Waals surface area contributed by atoms with Gasteiger partial charge in [0.15, 0.2) is 0 Å². The van der Waals surface area contributed by atoms with Crippen LogP contribution >= 0.6 is 11.3 Å². The van der Waals surface area contributed by atoms with Crippen molar-refractivity contribution in [3.63, 3.8) is 0 Å². The van der Waals surface area contributed by atoms with Gasteiger partial charge in [-0.2, -0.15) is 0 Å². The van der Waals surface area contributed by atoms with Gasteiger partial charge in [0.25, 0.3) is 0 Å². The summed E-state index contributed by atoms with van der Waals surface area (Å²) in [6.45, 7) is 2.87. The summed E-state index contributed by atoms with van der Waals surface area (Å²) in [6, 6.07) is 4.08. The lowest BCUT2D eigenvalue weighted by Crippen LogP contribution is -2.24. The summed E-state index contributed by atoms with van der Waals surface area (Å²) >= 11 is 1.68. The van der Waals surface area contributed by atoms with Crippen LogP contribution in [0.5, 0.6) is 5.88 Å². The first-order valence-corrected chi connectivity index (χ1v) is 7.63. The van der Waals surface area contributed by atoms with Gasteiger partial charge < -0.3 is 10.1 Å². The summed E-state index contributed by atoms with van der Waals surface area (Å²) in [6.07, 6.45) is 5.20. The molecule has 0 aromatic carbocycles. The molecule has 0 aliphatic carbocycles. The third kappa shape index (κ3) is 2.72. The number of thiophene rings is 1. The second-order valence-electron chi connectivity index (χ2n) is 4.51. The van der Waals surface area contributed by atoms with Gasteiger partial charge in [0.1, 0.15) is 5.69 Å². The zero-order chi connectivity index (χ0) is 14.7. The van der Waals surface area contributed by atoms with Crippen LogP contribution in [0.4, 0.5) is 0 Å². The Morgan fingerprint density at radius 2 is 2.14 bits per heavy atom. The van der Waals surface area contributed by atoms with E-state index in [-0.39, 0.29) is 6.04 Å². The topological polar surface area (TPSA) is 59.9 Å². The summed E-state index contributed by atoms with van der Waals surface area (Å²) < 4.78 is 6.50. The second kappa shape index (κ2) is 6.15. The van der Waals surface area contributed by atoms with E-state index < -0.39 is 0 Å². The van der Waals surface area contributed by atoms with E-state index in [1.54, 1.807) is 30.8 Å². The molecule has 21 heavy (non-hydrogen) atoms. The summed E-state index contributed by atoms with van der Waals surface area (Å²) in [5.74, 6) is 0.537. The average Bonchev–Trinajstić information content (AvgIpc) is 3.00. The Hall–Kier alpha value is -2.05. The number of pyridine rings is 1. The van der Waals surface area contributed by atoms with Gasteiger partial charge in [-0.3, -0.25) is 9.97 Å². The number of nitrogens with one attached hydrogen (secondary N) is 1. The maximum absolute atomic E-state index is 5.34. The molecule has 3 heterocycles. The van der Waals surface area contributed by atoms with Crippen LogP contribution in [-0.2, 0) is 0 Å². The smallest absolute Gasteiger partial charge is 0.237 e. The van der Waals surface area contributed by atoms with Gasteiger partial charge in [0, 0.05) is 18.6 Å². The lowest BCUT2D eigenvalue weighted by atomic mass is 10.1. The lowest BCUT2D eigenvalue weighted by Gasteiger charge is -2.19. The van der Waals surface area contributed by atoms with E-state index >= 15 is 0 Å². The fourth-order valence-electron chi connectivity index (χ4n) is 2.29. The minimum absolute atomic E-state index is 0.0855.